The SMILES string of the molecule is C=C(C)C(=O)NCCCNC(=O)CCCCCCCCC1CCSS1. The molecule has 0 saturated carbocycles. The second kappa shape index (κ2) is 14.5. The van der Waals surface area contributed by atoms with Crippen LogP contribution in [0.3, 0.4) is 0 Å². The van der Waals surface area contributed by atoms with Crippen LogP contribution in [0.15, 0.2) is 12.2 Å². The van der Waals surface area contributed by atoms with Crippen molar-refractivity contribution in [1.82, 2.24) is 10.6 Å². The van der Waals surface area contributed by atoms with Gasteiger partial charge < -0.3 is 10.6 Å². The van der Waals surface area contributed by atoms with E-state index in [1.165, 1.54) is 44.3 Å². The van der Waals surface area contributed by atoms with Gasteiger partial charge in [0.1, 0.15) is 0 Å². The molecule has 2 N–H and O–H groups in total. The van der Waals surface area contributed by atoms with Crippen LogP contribution in [0.1, 0.15) is 71.1 Å². The Kier molecular flexibility index (Phi) is 13.0. The largest absolute Gasteiger partial charge is 0.356 e. The molecule has 0 aromatic rings. The molecule has 0 bridgehead atoms. The van der Waals surface area contributed by atoms with E-state index in [0.29, 0.717) is 25.1 Å². The second-order valence-electron chi connectivity index (χ2n) is 6.73. The average molecular weight is 387 g/mol. The summed E-state index contributed by atoms with van der Waals surface area (Å²) in [6.07, 6.45) is 11.5. The zero-order valence-electron chi connectivity index (χ0n) is 15.6. The van der Waals surface area contributed by atoms with Crippen molar-refractivity contribution in [2.45, 2.75) is 76.4 Å². The van der Waals surface area contributed by atoms with Crippen LogP contribution in [-0.2, 0) is 9.59 Å². The molecule has 25 heavy (non-hydrogen) atoms. The van der Waals surface area contributed by atoms with Gasteiger partial charge in [0, 0.05) is 36.1 Å². The summed E-state index contributed by atoms with van der Waals surface area (Å²) < 4.78 is 0. The number of hydrogen-bond donors (Lipinski definition) is 2. The Labute approximate surface area is 161 Å². The lowest BCUT2D eigenvalue weighted by molar-refractivity contribution is -0.121. The van der Waals surface area contributed by atoms with Gasteiger partial charge in [-0.15, -0.1) is 0 Å². The van der Waals surface area contributed by atoms with Gasteiger partial charge in [-0.2, -0.15) is 0 Å². The molecule has 1 heterocycles. The first-order valence-corrected chi connectivity index (χ1v) is 12.0. The van der Waals surface area contributed by atoms with Crippen molar-refractivity contribution in [3.05, 3.63) is 12.2 Å². The Balaban J connectivity index is 1.80. The van der Waals surface area contributed by atoms with Crippen LogP contribution >= 0.6 is 21.6 Å². The zero-order valence-corrected chi connectivity index (χ0v) is 17.2. The highest BCUT2D eigenvalue weighted by Crippen LogP contribution is 2.39. The van der Waals surface area contributed by atoms with Gasteiger partial charge in [-0.3, -0.25) is 9.59 Å². The van der Waals surface area contributed by atoms with E-state index in [1.54, 1.807) is 6.92 Å². The summed E-state index contributed by atoms with van der Waals surface area (Å²) in [5.74, 6) is 1.34. The summed E-state index contributed by atoms with van der Waals surface area (Å²) in [5, 5.41) is 6.57. The number of carbonyl (C=O) groups is 2. The Hall–Kier alpha value is -0.620. The molecule has 1 unspecified atom stereocenters. The molecular formula is C19H34N2O2S2. The van der Waals surface area contributed by atoms with E-state index in [2.05, 4.69) is 28.0 Å². The van der Waals surface area contributed by atoms with Crippen molar-refractivity contribution >= 4 is 33.4 Å². The monoisotopic (exact) mass is 386 g/mol. The topological polar surface area (TPSA) is 58.2 Å². The van der Waals surface area contributed by atoms with Crippen LogP contribution < -0.4 is 10.6 Å². The zero-order chi connectivity index (χ0) is 18.3. The minimum Gasteiger partial charge on any atom is -0.356 e. The number of unbranched alkanes of at least 4 members (excludes halogenated alkanes) is 5. The number of nitrogens with one attached hydrogen (secondary N) is 2. The Bertz CT molecular complexity index is 410. The fraction of sp³-hybridized carbons (Fsp3) is 0.789. The highest BCUT2D eigenvalue weighted by Gasteiger charge is 2.15. The minimum absolute atomic E-state index is 0.118. The van der Waals surface area contributed by atoms with Gasteiger partial charge in [0.05, 0.1) is 0 Å². The van der Waals surface area contributed by atoms with Crippen LogP contribution in [0, 0.1) is 0 Å². The van der Waals surface area contributed by atoms with Crippen molar-refractivity contribution in [2.24, 2.45) is 0 Å². The van der Waals surface area contributed by atoms with E-state index >= 15 is 0 Å². The number of carbonyl (C=O) groups excluding carboxylic acids is 2. The van der Waals surface area contributed by atoms with Crippen molar-refractivity contribution < 1.29 is 9.59 Å². The Morgan fingerprint density at radius 3 is 2.36 bits per heavy atom. The molecule has 0 spiro atoms. The summed E-state index contributed by atoms with van der Waals surface area (Å²) in [4.78, 5) is 23.0. The molecule has 1 aliphatic rings. The first-order valence-electron chi connectivity index (χ1n) is 9.58. The molecule has 1 atom stereocenters. The minimum atomic E-state index is -0.118. The molecule has 1 aliphatic heterocycles. The number of rotatable bonds is 14. The summed E-state index contributed by atoms with van der Waals surface area (Å²) in [6.45, 7) is 6.46. The normalized spacial score (nSPS) is 16.6. The maximum Gasteiger partial charge on any atom is 0.246 e. The molecular weight excluding hydrogens is 352 g/mol. The number of hydrogen-bond acceptors (Lipinski definition) is 4. The fourth-order valence-electron chi connectivity index (χ4n) is 2.69. The van der Waals surface area contributed by atoms with Crippen LogP contribution in [0.4, 0.5) is 0 Å². The standard InChI is InChI=1S/C19H34N2O2S2/c1-16(2)19(23)21-14-9-13-20-18(22)11-8-6-4-3-5-7-10-17-12-15-24-25-17/h17H,1,3-15H2,2H3,(H,20,22)(H,21,23). The summed E-state index contributed by atoms with van der Waals surface area (Å²) in [7, 11) is 4.10. The van der Waals surface area contributed by atoms with E-state index in [0.717, 1.165) is 24.5 Å². The van der Waals surface area contributed by atoms with Crippen LogP contribution in [0.25, 0.3) is 0 Å². The smallest absolute Gasteiger partial charge is 0.246 e. The fourth-order valence-corrected chi connectivity index (χ4v) is 5.71. The van der Waals surface area contributed by atoms with Gasteiger partial charge in [0.25, 0.3) is 0 Å². The van der Waals surface area contributed by atoms with E-state index in [1.807, 2.05) is 10.8 Å². The van der Waals surface area contributed by atoms with Crippen LogP contribution in [0.2, 0.25) is 0 Å². The molecule has 0 radical (unpaired) electrons. The van der Waals surface area contributed by atoms with E-state index in [9.17, 15) is 9.59 Å². The lowest BCUT2D eigenvalue weighted by atomic mass is 10.1. The molecule has 0 aromatic heterocycles. The first-order chi connectivity index (χ1) is 12.1. The molecule has 2 amide bonds. The number of amides is 2. The van der Waals surface area contributed by atoms with Crippen LogP contribution in [0.5, 0.6) is 0 Å². The summed E-state index contributed by atoms with van der Waals surface area (Å²) >= 11 is 0. The third-order valence-electron chi connectivity index (χ3n) is 4.26. The Morgan fingerprint density at radius 1 is 1.00 bits per heavy atom. The molecule has 4 nitrogen and oxygen atoms in total. The van der Waals surface area contributed by atoms with Gasteiger partial charge in [-0.05, 0) is 32.6 Å². The lowest BCUT2D eigenvalue weighted by Gasteiger charge is -2.07. The predicted molar refractivity (Wildman–Crippen MR) is 111 cm³/mol. The third kappa shape index (κ3) is 12.4. The van der Waals surface area contributed by atoms with E-state index < -0.39 is 0 Å². The van der Waals surface area contributed by atoms with Crippen LogP contribution in [-0.4, -0.2) is 35.9 Å². The highest BCUT2D eigenvalue weighted by molar-refractivity contribution is 8.77. The van der Waals surface area contributed by atoms with Crippen molar-refractivity contribution in [3.63, 3.8) is 0 Å². The van der Waals surface area contributed by atoms with Crippen molar-refractivity contribution in [3.8, 4) is 0 Å². The Morgan fingerprint density at radius 2 is 1.68 bits per heavy atom. The molecule has 144 valence electrons. The molecule has 1 fully saturated rings. The quantitative estimate of drug-likeness (QED) is 0.263. The van der Waals surface area contributed by atoms with Gasteiger partial charge in [-0.25, -0.2) is 0 Å². The lowest BCUT2D eigenvalue weighted by Crippen LogP contribution is -2.29. The predicted octanol–water partition coefficient (Wildman–Crippen LogP) is 4.46. The molecule has 0 aliphatic carbocycles. The highest BCUT2D eigenvalue weighted by atomic mass is 33.1. The third-order valence-corrected chi connectivity index (χ3v) is 7.26. The van der Waals surface area contributed by atoms with Gasteiger partial charge >= 0.3 is 0 Å². The molecule has 6 heteroatoms. The second-order valence-corrected chi connectivity index (χ2v) is 9.52. The molecule has 1 saturated heterocycles. The average Bonchev–Trinajstić information content (AvgIpc) is 3.10. The molecule has 0 aromatic carbocycles. The maximum absolute atomic E-state index is 11.7. The van der Waals surface area contributed by atoms with Crippen molar-refractivity contribution in [2.75, 3.05) is 18.8 Å². The van der Waals surface area contributed by atoms with E-state index in [-0.39, 0.29) is 11.8 Å². The summed E-state index contributed by atoms with van der Waals surface area (Å²) in [5.41, 5.74) is 0.514. The van der Waals surface area contributed by atoms with Gasteiger partial charge in [0.15, 0.2) is 0 Å². The summed E-state index contributed by atoms with van der Waals surface area (Å²) in [6, 6.07) is 0. The first kappa shape index (κ1) is 22.4. The van der Waals surface area contributed by atoms with Gasteiger partial charge in [-0.1, -0.05) is 60.3 Å². The molecule has 1 rings (SSSR count). The van der Waals surface area contributed by atoms with Crippen molar-refractivity contribution in [1.29, 1.82) is 0 Å². The van der Waals surface area contributed by atoms with Gasteiger partial charge in [0.2, 0.25) is 11.8 Å². The maximum atomic E-state index is 11.7. The van der Waals surface area contributed by atoms with E-state index in [4.69, 9.17) is 0 Å².